The zero-order valence-corrected chi connectivity index (χ0v) is 37.8. The number of nitrogens with zero attached hydrogens (tertiary/aromatic N) is 1. The van der Waals surface area contributed by atoms with Gasteiger partial charge in [-0.1, -0.05) is 190 Å². The monoisotopic (exact) mass is 847 g/mol. The number of anilines is 3. The second-order valence-corrected chi connectivity index (χ2v) is 20.8. The fraction of sp³-hybridized carbons (Fsp3) is 0.200. The third-order valence-electron chi connectivity index (χ3n) is 17.2. The molecule has 0 amide bonds. The van der Waals surface area contributed by atoms with Crippen LogP contribution in [0.5, 0.6) is 0 Å². The molecule has 0 atom stereocenters. The van der Waals surface area contributed by atoms with Gasteiger partial charge in [-0.2, -0.15) is 0 Å². The maximum Gasteiger partial charge on any atom is 0.0618 e. The van der Waals surface area contributed by atoms with Gasteiger partial charge in [-0.3, -0.25) is 0 Å². The van der Waals surface area contributed by atoms with Gasteiger partial charge in [0, 0.05) is 33.2 Å². The minimum Gasteiger partial charge on any atom is -0.309 e. The molecule has 15 rings (SSSR count). The first-order valence-corrected chi connectivity index (χ1v) is 24.5. The van der Waals surface area contributed by atoms with Crippen molar-refractivity contribution in [2.75, 3.05) is 4.90 Å². The molecule has 0 unspecified atom stereocenters. The predicted molar refractivity (Wildman–Crippen MR) is 276 cm³/mol. The zero-order valence-electron chi connectivity index (χ0n) is 37.8. The lowest BCUT2D eigenvalue weighted by Crippen LogP contribution is -2.55. The first kappa shape index (κ1) is 38.3. The molecular weight excluding hydrogens is 795 g/mol. The molecule has 9 aromatic rings. The average molecular weight is 848 g/mol. The molecule has 318 valence electrons. The summed E-state index contributed by atoms with van der Waals surface area (Å²) in [7, 11) is 0. The molecule has 0 radical (unpaired) electrons. The van der Waals surface area contributed by atoms with Gasteiger partial charge in [-0.05, 0) is 158 Å². The summed E-state index contributed by atoms with van der Waals surface area (Å²) in [5.74, 6) is 3.18. The van der Waals surface area contributed by atoms with Crippen LogP contribution in [-0.2, 0) is 10.8 Å². The van der Waals surface area contributed by atoms with Crippen LogP contribution >= 0.6 is 0 Å². The Bertz CT molecular complexity index is 3380. The lowest BCUT2D eigenvalue weighted by Gasteiger charge is -2.61. The van der Waals surface area contributed by atoms with Crippen LogP contribution in [0.15, 0.2) is 200 Å². The topological polar surface area (TPSA) is 3.24 Å². The van der Waals surface area contributed by atoms with Gasteiger partial charge in [0.25, 0.3) is 0 Å². The fourth-order valence-corrected chi connectivity index (χ4v) is 14.9. The van der Waals surface area contributed by atoms with E-state index in [0.717, 1.165) is 17.5 Å². The molecule has 0 aromatic heterocycles. The van der Waals surface area contributed by atoms with Gasteiger partial charge in [0.1, 0.15) is 0 Å². The van der Waals surface area contributed by atoms with Crippen molar-refractivity contribution in [3.8, 4) is 55.6 Å². The van der Waals surface area contributed by atoms with Crippen molar-refractivity contribution in [2.24, 2.45) is 23.7 Å². The van der Waals surface area contributed by atoms with E-state index in [2.05, 4.69) is 219 Å². The molecule has 4 bridgehead atoms. The first-order chi connectivity index (χ1) is 32.5. The molecule has 1 spiro atoms. The number of hydrogen-bond donors (Lipinski definition) is 0. The minimum absolute atomic E-state index is 0.0726. The van der Waals surface area contributed by atoms with Gasteiger partial charge in [-0.25, -0.2) is 0 Å². The Morgan fingerprint density at radius 1 is 0.379 bits per heavy atom. The van der Waals surface area contributed by atoms with E-state index in [1.165, 1.54) is 121 Å². The second-order valence-electron chi connectivity index (χ2n) is 20.8. The minimum atomic E-state index is -0.110. The van der Waals surface area contributed by atoms with Crippen LogP contribution in [0.4, 0.5) is 17.1 Å². The Labute approximate surface area is 389 Å². The van der Waals surface area contributed by atoms with Gasteiger partial charge in [-0.15, -0.1) is 0 Å². The number of hydrogen-bond acceptors (Lipinski definition) is 1. The van der Waals surface area contributed by atoms with E-state index in [1.54, 1.807) is 11.1 Å². The van der Waals surface area contributed by atoms with Crippen molar-refractivity contribution in [3.05, 3.63) is 222 Å². The standard InChI is InChI=1S/C65H53N/c1-64(2)59-25-12-10-22-55(59)58-24-14-23-57(62(58)64)53-20-9-8-18-50(53)45-27-30-48(31-28-45)66(63-51-19-7-6-17-44(51)29-33-52(63)43-15-4-3-5-16-43)49-32-34-56-54-21-11-13-26-60(54)65(61(56)40-49)46-36-41-35-42(38-46)39-47(65)37-41/h3-34,40-42,46-47H,35-39H2,1-2H3. The van der Waals surface area contributed by atoms with Crippen LogP contribution in [0.2, 0.25) is 0 Å². The van der Waals surface area contributed by atoms with Crippen molar-refractivity contribution in [3.63, 3.8) is 0 Å². The quantitative estimate of drug-likeness (QED) is 0.161. The van der Waals surface area contributed by atoms with Crippen LogP contribution in [0.3, 0.4) is 0 Å². The van der Waals surface area contributed by atoms with Crippen molar-refractivity contribution < 1.29 is 0 Å². The Kier molecular flexibility index (Phi) is 8.29. The van der Waals surface area contributed by atoms with E-state index in [4.69, 9.17) is 0 Å². The van der Waals surface area contributed by atoms with Gasteiger partial charge in [0.2, 0.25) is 0 Å². The second kappa shape index (κ2) is 14.3. The molecule has 9 aromatic carbocycles. The van der Waals surface area contributed by atoms with E-state index in [0.29, 0.717) is 11.8 Å². The normalized spacial score (nSPS) is 22.3. The van der Waals surface area contributed by atoms with E-state index < -0.39 is 0 Å². The molecule has 0 heterocycles. The molecule has 0 saturated heterocycles. The molecule has 0 aliphatic heterocycles. The number of rotatable bonds is 6. The van der Waals surface area contributed by atoms with Gasteiger partial charge < -0.3 is 4.90 Å². The Hall–Kier alpha value is -6.96. The van der Waals surface area contributed by atoms with Crippen LogP contribution in [0.1, 0.15) is 68.2 Å². The Balaban J connectivity index is 0.965. The zero-order chi connectivity index (χ0) is 43.7. The number of benzene rings is 9. The van der Waals surface area contributed by atoms with Gasteiger partial charge >= 0.3 is 0 Å². The summed E-state index contributed by atoms with van der Waals surface area (Å²) in [6.45, 7) is 4.79. The summed E-state index contributed by atoms with van der Waals surface area (Å²) in [5.41, 5.74) is 22.7. The van der Waals surface area contributed by atoms with E-state index in [-0.39, 0.29) is 10.8 Å². The highest BCUT2D eigenvalue weighted by Gasteiger charge is 2.61. The molecule has 4 saturated carbocycles. The number of fused-ring (bicyclic) bond motifs is 7. The van der Waals surface area contributed by atoms with Crippen molar-refractivity contribution in [1.82, 2.24) is 0 Å². The lowest BCUT2D eigenvalue weighted by molar-refractivity contribution is -0.0399. The summed E-state index contributed by atoms with van der Waals surface area (Å²) < 4.78 is 0. The maximum absolute atomic E-state index is 2.66. The molecule has 66 heavy (non-hydrogen) atoms. The highest BCUT2D eigenvalue weighted by Crippen LogP contribution is 2.70. The van der Waals surface area contributed by atoms with Crippen LogP contribution in [-0.4, -0.2) is 0 Å². The molecular formula is C65H53N. The van der Waals surface area contributed by atoms with Gasteiger partial charge in [0.15, 0.2) is 0 Å². The first-order valence-electron chi connectivity index (χ1n) is 24.5. The molecule has 4 fully saturated rings. The molecule has 1 heteroatoms. The summed E-state index contributed by atoms with van der Waals surface area (Å²) >= 11 is 0. The largest absolute Gasteiger partial charge is 0.309 e. The predicted octanol–water partition coefficient (Wildman–Crippen LogP) is 17.3. The molecule has 6 aliphatic rings. The Morgan fingerprint density at radius 2 is 0.909 bits per heavy atom. The lowest BCUT2D eigenvalue weighted by atomic mass is 9.43. The summed E-state index contributed by atoms with van der Waals surface area (Å²) in [6.07, 6.45) is 6.93. The third kappa shape index (κ3) is 5.35. The van der Waals surface area contributed by atoms with E-state index in [9.17, 15) is 0 Å². The fourth-order valence-electron chi connectivity index (χ4n) is 14.9. The highest BCUT2D eigenvalue weighted by molar-refractivity contribution is 6.06. The SMILES string of the molecule is CC1(C)c2ccccc2-c2cccc(-c3ccccc3-c3ccc(N(c4ccc5c(c4)C4(c6ccccc6-5)C5CC6CC(C5)CC4C6)c4c(-c5ccccc5)ccc5ccccc45)cc3)c21. The third-order valence-corrected chi connectivity index (χ3v) is 17.2. The van der Waals surface area contributed by atoms with Crippen LogP contribution < -0.4 is 4.90 Å². The van der Waals surface area contributed by atoms with Gasteiger partial charge in [0.05, 0.1) is 5.69 Å². The Morgan fingerprint density at radius 3 is 1.65 bits per heavy atom. The van der Waals surface area contributed by atoms with Crippen LogP contribution in [0, 0.1) is 23.7 Å². The molecule has 6 aliphatic carbocycles. The molecule has 0 N–H and O–H groups in total. The average Bonchev–Trinajstić information content (AvgIpc) is 3.79. The van der Waals surface area contributed by atoms with Crippen molar-refractivity contribution in [2.45, 2.75) is 56.8 Å². The summed E-state index contributed by atoms with van der Waals surface area (Å²) in [5, 5.41) is 2.50. The van der Waals surface area contributed by atoms with Crippen LogP contribution in [0.25, 0.3) is 66.4 Å². The summed E-state index contributed by atoms with van der Waals surface area (Å²) in [6, 6.07) is 76.2. The van der Waals surface area contributed by atoms with Crippen molar-refractivity contribution in [1.29, 1.82) is 0 Å². The smallest absolute Gasteiger partial charge is 0.0618 e. The van der Waals surface area contributed by atoms with E-state index >= 15 is 0 Å². The maximum atomic E-state index is 2.66. The highest BCUT2D eigenvalue weighted by atomic mass is 15.1. The van der Waals surface area contributed by atoms with E-state index in [1.807, 2.05) is 0 Å². The van der Waals surface area contributed by atoms with Crippen molar-refractivity contribution >= 4 is 27.8 Å². The molecule has 1 nitrogen and oxygen atoms in total. The summed E-state index contributed by atoms with van der Waals surface area (Å²) in [4.78, 5) is 2.61.